The molecule has 0 atom stereocenters. The van der Waals surface area contributed by atoms with E-state index in [0.29, 0.717) is 5.76 Å². The van der Waals surface area contributed by atoms with E-state index in [1.807, 2.05) is 55.5 Å². The molecule has 0 heterocycles. The van der Waals surface area contributed by atoms with Gasteiger partial charge in [0.25, 0.3) is 0 Å². The Labute approximate surface area is 115 Å². The van der Waals surface area contributed by atoms with E-state index < -0.39 is 0 Å². The van der Waals surface area contributed by atoms with Crippen molar-refractivity contribution >= 4 is 18.0 Å². The van der Waals surface area contributed by atoms with Gasteiger partial charge < -0.3 is 4.74 Å². The van der Waals surface area contributed by atoms with Crippen LogP contribution in [0.15, 0.2) is 72.0 Å². The predicted octanol–water partition coefficient (Wildman–Crippen LogP) is 4.69. The van der Waals surface area contributed by atoms with Crippen LogP contribution in [0.5, 0.6) is 0 Å². The maximum absolute atomic E-state index is 4.98. The van der Waals surface area contributed by atoms with Crippen LogP contribution in [0.1, 0.15) is 12.5 Å². The van der Waals surface area contributed by atoms with Crippen LogP contribution in [0.4, 0.5) is 5.69 Å². The topological polar surface area (TPSA) is 21.6 Å². The number of methoxy groups -OCH3 is 1. The largest absolute Gasteiger partial charge is 0.497 e. The lowest BCUT2D eigenvalue weighted by molar-refractivity contribution is 0.309. The van der Waals surface area contributed by atoms with Gasteiger partial charge in [0.05, 0.1) is 12.8 Å². The molecule has 0 saturated carbocycles. The van der Waals surface area contributed by atoms with Crippen LogP contribution in [0.3, 0.4) is 0 Å². The van der Waals surface area contributed by atoms with Gasteiger partial charge in [0, 0.05) is 6.21 Å². The summed E-state index contributed by atoms with van der Waals surface area (Å²) in [4.78, 5) is 4.37. The Bertz CT molecular complexity index is 536. The number of hydrogen-bond donors (Lipinski definition) is 0. The van der Waals surface area contributed by atoms with Crippen LogP contribution in [-0.2, 0) is 4.74 Å². The molecule has 0 bridgehead atoms. The van der Waals surface area contributed by atoms with E-state index in [-0.39, 0.29) is 0 Å². The van der Waals surface area contributed by atoms with Gasteiger partial charge in [-0.3, -0.25) is 4.99 Å². The molecular weight excluding hydrogens is 234 g/mol. The summed E-state index contributed by atoms with van der Waals surface area (Å²) in [5, 5.41) is 0. The average molecular weight is 253 g/mol. The van der Waals surface area contributed by atoms with Crippen LogP contribution in [0.25, 0.3) is 6.08 Å². The molecule has 1 aromatic rings. The van der Waals surface area contributed by atoms with E-state index in [2.05, 4.69) is 18.2 Å². The Kier molecular flexibility index (Phi) is 6.10. The minimum Gasteiger partial charge on any atom is -0.497 e. The third kappa shape index (κ3) is 5.68. The van der Waals surface area contributed by atoms with Crippen molar-refractivity contribution < 1.29 is 4.74 Å². The smallest absolute Gasteiger partial charge is 0.111 e. The molecule has 0 unspecified atom stereocenters. The van der Waals surface area contributed by atoms with Gasteiger partial charge in [-0.25, -0.2) is 0 Å². The number of benzene rings is 1. The summed E-state index contributed by atoms with van der Waals surface area (Å²) in [6, 6.07) is 7.89. The molecule has 2 nitrogen and oxygen atoms in total. The number of aliphatic imine (C=N–C) groups is 1. The van der Waals surface area contributed by atoms with Crippen molar-refractivity contribution in [2.24, 2.45) is 4.99 Å². The third-order valence-electron chi connectivity index (χ3n) is 2.35. The molecule has 0 aliphatic heterocycles. The minimum atomic E-state index is 0.621. The highest BCUT2D eigenvalue weighted by Crippen LogP contribution is 2.15. The van der Waals surface area contributed by atoms with Gasteiger partial charge in [0.15, 0.2) is 0 Å². The maximum atomic E-state index is 4.98. The Morgan fingerprint density at radius 3 is 2.74 bits per heavy atom. The first-order valence-corrected chi connectivity index (χ1v) is 6.02. The van der Waals surface area contributed by atoms with Crippen molar-refractivity contribution in [1.29, 1.82) is 0 Å². The van der Waals surface area contributed by atoms with Crippen LogP contribution >= 0.6 is 0 Å². The number of ether oxygens (including phenoxy) is 1. The fraction of sp³-hybridized carbons (Fsp3) is 0.118. The average Bonchev–Trinajstić information content (AvgIpc) is 2.43. The van der Waals surface area contributed by atoms with Gasteiger partial charge in [-0.1, -0.05) is 43.5 Å². The molecule has 0 amide bonds. The standard InChI is InChI=1S/C17H19NO/c1-5-7-14(2)13-18-17-9-6-8-16(12-17)11-10-15(3)19-4/h5-13H,2-3H2,1,4H3/b7-5-,11-10+,18-13?. The molecule has 0 N–H and O–H groups in total. The quantitative estimate of drug-likeness (QED) is 0.409. The summed E-state index contributed by atoms with van der Waals surface area (Å²) in [7, 11) is 1.60. The van der Waals surface area contributed by atoms with E-state index in [1.165, 1.54) is 0 Å². The lowest BCUT2D eigenvalue weighted by atomic mass is 10.2. The van der Waals surface area contributed by atoms with Gasteiger partial charge in [-0.15, -0.1) is 0 Å². The molecule has 0 spiro atoms. The fourth-order valence-electron chi connectivity index (χ4n) is 1.38. The van der Waals surface area contributed by atoms with Crippen molar-refractivity contribution in [1.82, 2.24) is 0 Å². The van der Waals surface area contributed by atoms with E-state index in [4.69, 9.17) is 4.74 Å². The van der Waals surface area contributed by atoms with Gasteiger partial charge >= 0.3 is 0 Å². The van der Waals surface area contributed by atoms with Crippen LogP contribution in [0.2, 0.25) is 0 Å². The van der Waals surface area contributed by atoms with Crippen molar-refractivity contribution in [2.45, 2.75) is 6.92 Å². The first-order chi connectivity index (χ1) is 9.15. The van der Waals surface area contributed by atoms with Crippen molar-refractivity contribution in [3.8, 4) is 0 Å². The number of nitrogens with zero attached hydrogens (tertiary/aromatic N) is 1. The van der Waals surface area contributed by atoms with E-state index in [0.717, 1.165) is 16.8 Å². The zero-order valence-corrected chi connectivity index (χ0v) is 11.5. The molecule has 2 heteroatoms. The van der Waals surface area contributed by atoms with Crippen molar-refractivity contribution in [3.05, 3.63) is 72.5 Å². The van der Waals surface area contributed by atoms with Crippen LogP contribution in [0, 0.1) is 0 Å². The van der Waals surface area contributed by atoms with E-state index in [1.54, 1.807) is 13.3 Å². The van der Waals surface area contributed by atoms with Gasteiger partial charge in [-0.05, 0) is 36.3 Å². The summed E-state index contributed by atoms with van der Waals surface area (Å²) in [5.41, 5.74) is 2.80. The molecule has 0 saturated heterocycles. The van der Waals surface area contributed by atoms with E-state index >= 15 is 0 Å². The van der Waals surface area contributed by atoms with Crippen molar-refractivity contribution in [3.63, 3.8) is 0 Å². The first-order valence-electron chi connectivity index (χ1n) is 6.02. The van der Waals surface area contributed by atoms with Crippen LogP contribution in [-0.4, -0.2) is 13.3 Å². The molecule has 0 aliphatic carbocycles. The molecule has 0 aromatic heterocycles. The molecular formula is C17H19NO. The summed E-state index contributed by atoms with van der Waals surface area (Å²) in [6.07, 6.45) is 9.35. The SMILES string of the molecule is C=C(C=Nc1cccc(/C=C/C(=C)OC)c1)/C=C\C. The molecule has 1 aromatic carbocycles. The van der Waals surface area contributed by atoms with Gasteiger partial charge in [0.1, 0.15) is 5.76 Å². The Morgan fingerprint density at radius 1 is 1.26 bits per heavy atom. The molecule has 0 radical (unpaired) electrons. The second kappa shape index (κ2) is 7.88. The number of allylic oxidation sites excluding steroid dienone is 4. The highest BCUT2D eigenvalue weighted by molar-refractivity contribution is 5.83. The normalized spacial score (nSPS) is 11.5. The van der Waals surface area contributed by atoms with E-state index in [9.17, 15) is 0 Å². The molecule has 1 rings (SSSR count). The number of hydrogen-bond acceptors (Lipinski definition) is 2. The minimum absolute atomic E-state index is 0.621. The Morgan fingerprint density at radius 2 is 2.05 bits per heavy atom. The lowest BCUT2D eigenvalue weighted by Crippen LogP contribution is -1.79. The fourth-order valence-corrected chi connectivity index (χ4v) is 1.38. The first kappa shape index (κ1) is 14.7. The summed E-state index contributed by atoms with van der Waals surface area (Å²) in [5.74, 6) is 0.621. The number of rotatable bonds is 6. The summed E-state index contributed by atoms with van der Waals surface area (Å²) in [6.45, 7) is 9.56. The van der Waals surface area contributed by atoms with Crippen LogP contribution < -0.4 is 0 Å². The summed E-state index contributed by atoms with van der Waals surface area (Å²) >= 11 is 0. The zero-order chi connectivity index (χ0) is 14.1. The van der Waals surface area contributed by atoms with Gasteiger partial charge in [-0.2, -0.15) is 0 Å². The second-order valence-corrected chi connectivity index (χ2v) is 3.93. The highest BCUT2D eigenvalue weighted by Gasteiger charge is 1.91. The van der Waals surface area contributed by atoms with Gasteiger partial charge in [0.2, 0.25) is 0 Å². The highest BCUT2D eigenvalue weighted by atomic mass is 16.5. The molecule has 19 heavy (non-hydrogen) atoms. The zero-order valence-electron chi connectivity index (χ0n) is 11.5. The Balaban J connectivity index is 2.80. The molecule has 0 aliphatic rings. The molecule has 98 valence electrons. The lowest BCUT2D eigenvalue weighted by Gasteiger charge is -1.98. The molecule has 0 fully saturated rings. The Hall–Kier alpha value is -2.35. The maximum Gasteiger partial charge on any atom is 0.111 e. The monoisotopic (exact) mass is 253 g/mol. The van der Waals surface area contributed by atoms with Crippen molar-refractivity contribution in [2.75, 3.05) is 7.11 Å². The third-order valence-corrected chi connectivity index (χ3v) is 2.35. The predicted molar refractivity (Wildman–Crippen MR) is 83.7 cm³/mol. The summed E-state index contributed by atoms with van der Waals surface area (Å²) < 4.78 is 4.98. The second-order valence-electron chi connectivity index (χ2n) is 3.93.